The molecule has 0 atom stereocenters. The van der Waals surface area contributed by atoms with E-state index in [-0.39, 0.29) is 0 Å². The van der Waals surface area contributed by atoms with E-state index in [1.165, 1.54) is 0 Å². The Morgan fingerprint density at radius 1 is 1.00 bits per heavy atom. The fraction of sp³-hybridized carbons (Fsp3) is 0.571. The van der Waals surface area contributed by atoms with Crippen molar-refractivity contribution in [3.63, 3.8) is 0 Å². The van der Waals surface area contributed by atoms with Crippen molar-refractivity contribution >= 4 is 18.3 Å². The zero-order valence-electron chi connectivity index (χ0n) is 7.80. The summed E-state index contributed by atoms with van der Waals surface area (Å²) in [5.74, 6) is -1.41. The molecule has 0 bridgehead atoms. The number of aliphatic carboxylic acids is 1. The predicted molar refractivity (Wildman–Crippen MR) is 43.7 cm³/mol. The van der Waals surface area contributed by atoms with Crippen LogP contribution in [0.3, 0.4) is 0 Å². The number of carboxylic acids is 1. The van der Waals surface area contributed by atoms with E-state index in [0.717, 1.165) is 6.92 Å². The Balaban J connectivity index is 4.38. The maximum absolute atomic E-state index is 10.7. The number of carboxylic acid groups (broad SMARTS) is 3. The SMILES string of the molecule is CC(COC(=O)O)(COC(=O)O)C(=O)O. The molecule has 3 N–H and O–H groups in total. The number of carbonyl (C=O) groups is 3. The van der Waals surface area contributed by atoms with Crippen LogP contribution in [-0.2, 0) is 14.3 Å². The van der Waals surface area contributed by atoms with Gasteiger partial charge in [-0.15, -0.1) is 0 Å². The second-order valence-corrected chi connectivity index (χ2v) is 2.97. The zero-order chi connectivity index (χ0) is 12.1. The monoisotopic (exact) mass is 222 g/mol. The molecule has 8 heteroatoms. The molecule has 86 valence electrons. The first-order valence-electron chi connectivity index (χ1n) is 3.73. The Hall–Kier alpha value is -1.99. The Bertz CT molecular complexity index is 252. The smallest absolute Gasteiger partial charge is 0.481 e. The van der Waals surface area contributed by atoms with E-state index in [1.807, 2.05) is 0 Å². The van der Waals surface area contributed by atoms with Gasteiger partial charge in [-0.2, -0.15) is 0 Å². The Morgan fingerprint density at radius 3 is 1.53 bits per heavy atom. The van der Waals surface area contributed by atoms with Crippen molar-refractivity contribution in [1.82, 2.24) is 0 Å². The first kappa shape index (κ1) is 13.0. The summed E-state index contributed by atoms with van der Waals surface area (Å²) in [6.45, 7) is -0.267. The van der Waals surface area contributed by atoms with Gasteiger partial charge < -0.3 is 24.8 Å². The molecule has 0 unspecified atom stereocenters. The Kier molecular flexibility index (Phi) is 4.36. The lowest BCUT2D eigenvalue weighted by molar-refractivity contribution is -0.153. The van der Waals surface area contributed by atoms with E-state index < -0.39 is 36.9 Å². The molecule has 0 heterocycles. The topological polar surface area (TPSA) is 130 Å². The molecule has 15 heavy (non-hydrogen) atoms. The maximum Gasteiger partial charge on any atom is 0.505 e. The van der Waals surface area contributed by atoms with Gasteiger partial charge in [0.15, 0.2) is 0 Å². The molecule has 0 spiro atoms. The molecule has 0 aliphatic rings. The average molecular weight is 222 g/mol. The maximum atomic E-state index is 10.7. The molecule has 0 amide bonds. The molecule has 0 aliphatic heterocycles. The number of ether oxygens (including phenoxy) is 2. The van der Waals surface area contributed by atoms with Crippen LogP contribution in [0, 0.1) is 5.41 Å². The third-order valence-electron chi connectivity index (χ3n) is 1.54. The van der Waals surface area contributed by atoms with Gasteiger partial charge in [0.05, 0.1) is 0 Å². The van der Waals surface area contributed by atoms with Crippen molar-refractivity contribution in [1.29, 1.82) is 0 Å². The van der Waals surface area contributed by atoms with Crippen LogP contribution in [0.4, 0.5) is 9.59 Å². The largest absolute Gasteiger partial charge is 0.505 e. The van der Waals surface area contributed by atoms with Crippen LogP contribution in [0.15, 0.2) is 0 Å². The van der Waals surface area contributed by atoms with Gasteiger partial charge in [0.2, 0.25) is 0 Å². The van der Waals surface area contributed by atoms with Crippen molar-refractivity contribution in [2.45, 2.75) is 6.92 Å². The summed E-state index contributed by atoms with van der Waals surface area (Å²) in [6.07, 6.45) is -3.28. The average Bonchev–Trinajstić information content (AvgIpc) is 2.11. The molecule has 0 aromatic rings. The van der Waals surface area contributed by atoms with Gasteiger partial charge >= 0.3 is 18.3 Å². The highest BCUT2D eigenvalue weighted by Crippen LogP contribution is 2.18. The fourth-order valence-electron chi connectivity index (χ4n) is 0.607. The molecule has 0 aromatic carbocycles. The Morgan fingerprint density at radius 2 is 1.33 bits per heavy atom. The quantitative estimate of drug-likeness (QED) is 0.572. The Labute approximate surface area is 84.0 Å². The van der Waals surface area contributed by atoms with E-state index in [9.17, 15) is 14.4 Å². The summed E-state index contributed by atoms with van der Waals surface area (Å²) < 4.78 is 8.13. The molecule has 0 saturated heterocycles. The van der Waals surface area contributed by atoms with Crippen molar-refractivity contribution < 1.29 is 39.2 Å². The third kappa shape index (κ3) is 4.69. The second kappa shape index (κ2) is 5.03. The summed E-state index contributed by atoms with van der Waals surface area (Å²) in [7, 11) is 0. The highest BCUT2D eigenvalue weighted by atomic mass is 16.7. The third-order valence-corrected chi connectivity index (χ3v) is 1.54. The van der Waals surface area contributed by atoms with Gasteiger partial charge in [-0.05, 0) is 6.92 Å². The molecule has 0 aromatic heterocycles. The van der Waals surface area contributed by atoms with Gasteiger partial charge in [0.1, 0.15) is 18.6 Å². The molecule has 0 saturated carbocycles. The number of hydrogen-bond acceptors (Lipinski definition) is 5. The minimum atomic E-state index is -1.73. The molecule has 0 radical (unpaired) electrons. The van der Waals surface area contributed by atoms with E-state index >= 15 is 0 Å². The van der Waals surface area contributed by atoms with Crippen LogP contribution in [0.5, 0.6) is 0 Å². The van der Waals surface area contributed by atoms with Crippen LogP contribution in [-0.4, -0.2) is 46.8 Å². The van der Waals surface area contributed by atoms with Crippen LogP contribution >= 0.6 is 0 Å². The summed E-state index contributed by atoms with van der Waals surface area (Å²) >= 11 is 0. The second-order valence-electron chi connectivity index (χ2n) is 2.97. The van der Waals surface area contributed by atoms with Crippen molar-refractivity contribution in [2.24, 2.45) is 5.41 Å². The first-order chi connectivity index (χ1) is 6.78. The van der Waals surface area contributed by atoms with Crippen LogP contribution in [0.1, 0.15) is 6.92 Å². The van der Waals surface area contributed by atoms with Gasteiger partial charge in [0.25, 0.3) is 0 Å². The van der Waals surface area contributed by atoms with E-state index in [0.29, 0.717) is 0 Å². The first-order valence-corrected chi connectivity index (χ1v) is 3.73. The minimum absolute atomic E-state index is 0.690. The normalized spacial score (nSPS) is 10.5. The molecular weight excluding hydrogens is 212 g/mol. The summed E-state index contributed by atoms with van der Waals surface area (Å²) in [5.41, 5.74) is -1.73. The van der Waals surface area contributed by atoms with Crippen LogP contribution < -0.4 is 0 Å². The van der Waals surface area contributed by atoms with Crippen LogP contribution in [0.2, 0.25) is 0 Å². The molecule has 8 nitrogen and oxygen atoms in total. The lowest BCUT2D eigenvalue weighted by atomic mass is 9.93. The zero-order valence-corrected chi connectivity index (χ0v) is 7.80. The number of hydrogen-bond donors (Lipinski definition) is 3. The molecule has 0 rings (SSSR count). The summed E-state index contributed by atoms with van der Waals surface area (Å²) in [5, 5.41) is 25.0. The van der Waals surface area contributed by atoms with Crippen molar-refractivity contribution in [3.8, 4) is 0 Å². The van der Waals surface area contributed by atoms with Crippen molar-refractivity contribution in [3.05, 3.63) is 0 Å². The summed E-state index contributed by atoms with van der Waals surface area (Å²) in [6, 6.07) is 0. The van der Waals surface area contributed by atoms with Gasteiger partial charge in [-0.1, -0.05) is 0 Å². The van der Waals surface area contributed by atoms with E-state index in [2.05, 4.69) is 9.47 Å². The van der Waals surface area contributed by atoms with Gasteiger partial charge in [0, 0.05) is 0 Å². The molecule has 0 fully saturated rings. The minimum Gasteiger partial charge on any atom is -0.481 e. The van der Waals surface area contributed by atoms with E-state index in [4.69, 9.17) is 15.3 Å². The van der Waals surface area contributed by atoms with Crippen molar-refractivity contribution in [2.75, 3.05) is 13.2 Å². The highest BCUT2D eigenvalue weighted by molar-refractivity contribution is 5.75. The number of rotatable bonds is 5. The standard InChI is InChI=1S/C7H10O8/c1-7(4(8)9,2-14-5(10)11)3-15-6(12)13/h2-3H2,1H3,(H,8,9)(H,10,11)(H,12,13). The molecule has 0 aliphatic carbocycles. The van der Waals surface area contributed by atoms with E-state index in [1.54, 1.807) is 0 Å². The van der Waals surface area contributed by atoms with Gasteiger partial charge in [-0.3, -0.25) is 4.79 Å². The van der Waals surface area contributed by atoms with Crippen LogP contribution in [0.25, 0.3) is 0 Å². The highest BCUT2D eigenvalue weighted by Gasteiger charge is 2.36. The molecular formula is C7H10O8. The predicted octanol–water partition coefficient (Wildman–Crippen LogP) is 0.466. The lowest BCUT2D eigenvalue weighted by Crippen LogP contribution is -2.38. The lowest BCUT2D eigenvalue weighted by Gasteiger charge is -2.22. The summed E-state index contributed by atoms with van der Waals surface area (Å²) in [4.78, 5) is 30.8. The van der Waals surface area contributed by atoms with Gasteiger partial charge in [-0.25, -0.2) is 9.59 Å². The fourth-order valence-corrected chi connectivity index (χ4v) is 0.607.